The van der Waals surface area contributed by atoms with Gasteiger partial charge in [0.05, 0.1) is 18.7 Å². The van der Waals surface area contributed by atoms with E-state index in [1.165, 1.54) is 6.07 Å². The van der Waals surface area contributed by atoms with E-state index in [4.69, 9.17) is 10.00 Å². The van der Waals surface area contributed by atoms with Crippen LogP contribution in [-0.2, 0) is 6.54 Å². The molecule has 2 aromatic rings. The lowest BCUT2D eigenvalue weighted by Crippen LogP contribution is -2.21. The third-order valence-corrected chi connectivity index (χ3v) is 3.09. The van der Waals surface area contributed by atoms with Crippen LogP contribution < -0.4 is 10.1 Å². The Kier molecular flexibility index (Phi) is 4.85. The Morgan fingerprint density at radius 1 is 1.14 bits per heavy atom. The molecule has 0 aromatic heterocycles. The van der Waals surface area contributed by atoms with Crippen LogP contribution in [0.15, 0.2) is 42.5 Å². The zero-order valence-electron chi connectivity index (χ0n) is 11.4. The van der Waals surface area contributed by atoms with Crippen molar-refractivity contribution in [2.24, 2.45) is 0 Å². The second kappa shape index (κ2) is 6.82. The van der Waals surface area contributed by atoms with E-state index in [9.17, 15) is 8.78 Å². The minimum absolute atomic E-state index is 0.256. The second-order valence-corrected chi connectivity index (χ2v) is 4.43. The molecule has 108 valence electrons. The van der Waals surface area contributed by atoms with Crippen LogP contribution in [0, 0.1) is 23.0 Å². The first-order valence-electron chi connectivity index (χ1n) is 6.35. The molecule has 0 saturated carbocycles. The third-order valence-electron chi connectivity index (χ3n) is 3.09. The predicted molar refractivity (Wildman–Crippen MR) is 74.5 cm³/mol. The van der Waals surface area contributed by atoms with Crippen LogP contribution in [0.5, 0.6) is 5.75 Å². The molecule has 0 bridgehead atoms. The van der Waals surface area contributed by atoms with Crippen molar-refractivity contribution in [3.63, 3.8) is 0 Å². The molecule has 5 heteroatoms. The zero-order valence-corrected chi connectivity index (χ0v) is 11.4. The van der Waals surface area contributed by atoms with E-state index >= 15 is 0 Å². The Balaban J connectivity index is 2.11. The van der Waals surface area contributed by atoms with Gasteiger partial charge in [0.15, 0.2) is 0 Å². The summed E-state index contributed by atoms with van der Waals surface area (Å²) in [6, 6.07) is 11.6. The van der Waals surface area contributed by atoms with E-state index in [0.717, 1.165) is 23.4 Å². The summed E-state index contributed by atoms with van der Waals surface area (Å²) in [4.78, 5) is 0. The minimum atomic E-state index is -1.05. The first-order valence-corrected chi connectivity index (χ1v) is 6.35. The molecule has 0 aliphatic carbocycles. The van der Waals surface area contributed by atoms with E-state index in [1.54, 1.807) is 19.2 Å². The second-order valence-electron chi connectivity index (χ2n) is 4.43. The average Bonchev–Trinajstić information content (AvgIpc) is 2.50. The van der Waals surface area contributed by atoms with E-state index in [2.05, 4.69) is 5.32 Å². The molecule has 0 aliphatic heterocycles. The summed E-state index contributed by atoms with van der Waals surface area (Å²) in [5, 5.41) is 12.0. The molecule has 0 radical (unpaired) electrons. The largest absolute Gasteiger partial charge is 0.497 e. The van der Waals surface area contributed by atoms with Gasteiger partial charge < -0.3 is 4.74 Å². The minimum Gasteiger partial charge on any atom is -0.497 e. The van der Waals surface area contributed by atoms with Gasteiger partial charge >= 0.3 is 0 Å². The number of nitriles is 1. The number of rotatable bonds is 5. The fourth-order valence-corrected chi connectivity index (χ4v) is 1.96. The fraction of sp³-hybridized carbons (Fsp3) is 0.188. The van der Waals surface area contributed by atoms with Gasteiger partial charge in [-0.1, -0.05) is 18.2 Å². The molecule has 2 rings (SSSR count). The van der Waals surface area contributed by atoms with Gasteiger partial charge in [-0.3, -0.25) is 5.32 Å². The van der Waals surface area contributed by atoms with Crippen molar-refractivity contribution in [3.05, 3.63) is 65.2 Å². The molecule has 21 heavy (non-hydrogen) atoms. The maximum absolute atomic E-state index is 13.7. The molecule has 0 spiro atoms. The van der Waals surface area contributed by atoms with Gasteiger partial charge in [-0.05, 0) is 29.8 Å². The van der Waals surface area contributed by atoms with E-state index in [0.29, 0.717) is 6.54 Å². The highest BCUT2D eigenvalue weighted by Crippen LogP contribution is 2.21. The Morgan fingerprint density at radius 2 is 1.76 bits per heavy atom. The average molecular weight is 288 g/mol. The van der Waals surface area contributed by atoms with Crippen molar-refractivity contribution in [2.75, 3.05) is 7.11 Å². The molecule has 0 aliphatic rings. The summed E-state index contributed by atoms with van der Waals surface area (Å²) in [5.41, 5.74) is 0.626. The first kappa shape index (κ1) is 14.9. The van der Waals surface area contributed by atoms with Crippen LogP contribution >= 0.6 is 0 Å². The van der Waals surface area contributed by atoms with Gasteiger partial charge in [0.2, 0.25) is 0 Å². The number of methoxy groups -OCH3 is 1. The van der Waals surface area contributed by atoms with Gasteiger partial charge in [0, 0.05) is 6.54 Å². The Bertz CT molecular complexity index is 630. The van der Waals surface area contributed by atoms with Gasteiger partial charge in [0.25, 0.3) is 0 Å². The number of hydrogen-bond donors (Lipinski definition) is 1. The first-order chi connectivity index (χ1) is 10.2. The standard InChI is InChI=1S/C16H14F2N2O/c1-21-12-7-5-11(6-8-12)10-20-15(9-19)16-13(17)3-2-4-14(16)18/h2-8,15,20H,10H2,1H3. The van der Waals surface area contributed by atoms with Gasteiger partial charge in [0.1, 0.15) is 23.4 Å². The number of halogens is 2. The molecule has 1 N–H and O–H groups in total. The molecule has 0 saturated heterocycles. The third kappa shape index (κ3) is 3.56. The van der Waals surface area contributed by atoms with Gasteiger partial charge in [-0.25, -0.2) is 8.78 Å². The highest BCUT2D eigenvalue weighted by atomic mass is 19.1. The Labute approximate surface area is 121 Å². The molecule has 2 aromatic carbocycles. The monoisotopic (exact) mass is 288 g/mol. The summed E-state index contributed by atoms with van der Waals surface area (Å²) < 4.78 is 32.4. The number of nitrogens with one attached hydrogen (secondary N) is 1. The van der Waals surface area contributed by atoms with Crippen LogP contribution in [0.1, 0.15) is 17.2 Å². The van der Waals surface area contributed by atoms with E-state index < -0.39 is 17.7 Å². The predicted octanol–water partition coefficient (Wildman–Crippen LogP) is 3.33. The lowest BCUT2D eigenvalue weighted by molar-refractivity contribution is 0.414. The maximum atomic E-state index is 13.7. The SMILES string of the molecule is COc1ccc(CNC(C#N)c2c(F)cccc2F)cc1. The van der Waals surface area contributed by atoms with Crippen LogP contribution in [0.25, 0.3) is 0 Å². The van der Waals surface area contributed by atoms with E-state index in [1.807, 2.05) is 18.2 Å². The zero-order chi connectivity index (χ0) is 15.2. The van der Waals surface area contributed by atoms with Gasteiger partial charge in [-0.2, -0.15) is 5.26 Å². The highest BCUT2D eigenvalue weighted by Gasteiger charge is 2.19. The number of ether oxygens (including phenoxy) is 1. The summed E-state index contributed by atoms with van der Waals surface area (Å²) in [5.74, 6) is -0.747. The number of benzene rings is 2. The van der Waals surface area contributed by atoms with Crippen molar-refractivity contribution >= 4 is 0 Å². The topological polar surface area (TPSA) is 45.0 Å². The fourth-order valence-electron chi connectivity index (χ4n) is 1.96. The smallest absolute Gasteiger partial charge is 0.131 e. The van der Waals surface area contributed by atoms with Crippen molar-refractivity contribution in [1.29, 1.82) is 5.26 Å². The molecular formula is C16H14F2N2O. The molecule has 1 unspecified atom stereocenters. The summed E-state index contributed by atoms with van der Waals surface area (Å²) in [6.45, 7) is 0.315. The normalized spacial score (nSPS) is 11.7. The lowest BCUT2D eigenvalue weighted by Gasteiger charge is -2.13. The molecule has 0 fully saturated rings. The van der Waals surface area contributed by atoms with Crippen LogP contribution in [0.3, 0.4) is 0 Å². The lowest BCUT2D eigenvalue weighted by atomic mass is 10.1. The van der Waals surface area contributed by atoms with Crippen LogP contribution in [0.2, 0.25) is 0 Å². The Morgan fingerprint density at radius 3 is 2.29 bits per heavy atom. The highest BCUT2D eigenvalue weighted by molar-refractivity contribution is 5.29. The van der Waals surface area contributed by atoms with Crippen molar-refractivity contribution in [3.8, 4) is 11.8 Å². The number of hydrogen-bond acceptors (Lipinski definition) is 3. The molecule has 0 heterocycles. The molecular weight excluding hydrogens is 274 g/mol. The van der Waals surface area contributed by atoms with Gasteiger partial charge in [-0.15, -0.1) is 0 Å². The Hall–Kier alpha value is -2.45. The maximum Gasteiger partial charge on any atom is 0.131 e. The van der Waals surface area contributed by atoms with Crippen molar-refractivity contribution < 1.29 is 13.5 Å². The summed E-state index contributed by atoms with van der Waals surface area (Å²) >= 11 is 0. The van der Waals surface area contributed by atoms with E-state index in [-0.39, 0.29) is 5.56 Å². The van der Waals surface area contributed by atoms with Crippen LogP contribution in [-0.4, -0.2) is 7.11 Å². The number of nitrogens with zero attached hydrogens (tertiary/aromatic N) is 1. The molecule has 0 amide bonds. The summed E-state index contributed by atoms with van der Waals surface area (Å²) in [7, 11) is 1.57. The summed E-state index contributed by atoms with van der Waals surface area (Å²) in [6.07, 6.45) is 0. The van der Waals surface area contributed by atoms with Crippen LogP contribution in [0.4, 0.5) is 8.78 Å². The molecule has 1 atom stereocenters. The van der Waals surface area contributed by atoms with Crippen molar-refractivity contribution in [1.82, 2.24) is 5.32 Å². The quantitative estimate of drug-likeness (QED) is 0.918. The van der Waals surface area contributed by atoms with Crippen molar-refractivity contribution in [2.45, 2.75) is 12.6 Å². The molecule has 3 nitrogen and oxygen atoms in total.